The van der Waals surface area contributed by atoms with E-state index in [2.05, 4.69) is 6.07 Å². The molecule has 0 saturated heterocycles. The zero-order valence-corrected chi connectivity index (χ0v) is 14.4. The van der Waals surface area contributed by atoms with Crippen LogP contribution in [0.5, 0.6) is 5.75 Å². The Balaban J connectivity index is 1.92. The van der Waals surface area contributed by atoms with Gasteiger partial charge in [-0.05, 0) is 61.9 Å². The highest BCUT2D eigenvalue weighted by Gasteiger charge is 2.22. The van der Waals surface area contributed by atoms with Crippen LogP contribution in [0.25, 0.3) is 0 Å². The molecular formula is C19H21NO2S. The third-order valence-electron chi connectivity index (χ3n) is 3.91. The van der Waals surface area contributed by atoms with Crippen molar-refractivity contribution in [1.82, 2.24) is 0 Å². The fourth-order valence-corrected chi connectivity index (χ4v) is 3.79. The van der Waals surface area contributed by atoms with Crippen molar-refractivity contribution in [3.05, 3.63) is 53.6 Å². The minimum Gasteiger partial charge on any atom is -0.494 e. The largest absolute Gasteiger partial charge is 0.494 e. The zero-order chi connectivity index (χ0) is 16.2. The Morgan fingerprint density at radius 3 is 2.87 bits per heavy atom. The van der Waals surface area contributed by atoms with Gasteiger partial charge in [-0.2, -0.15) is 0 Å². The molecule has 0 aromatic heterocycles. The van der Waals surface area contributed by atoms with E-state index >= 15 is 0 Å². The average Bonchev–Trinajstić information content (AvgIpc) is 2.78. The van der Waals surface area contributed by atoms with E-state index in [1.807, 2.05) is 66.9 Å². The number of carbonyl (C=O) groups excluding carboxylic acids is 1. The smallest absolute Gasteiger partial charge is 0.258 e. The van der Waals surface area contributed by atoms with Crippen LogP contribution >= 0.6 is 11.8 Å². The Labute approximate surface area is 141 Å². The molecule has 0 N–H and O–H groups in total. The molecule has 1 aliphatic heterocycles. The third-order valence-corrected chi connectivity index (χ3v) is 5.06. The molecule has 1 aliphatic rings. The fourth-order valence-electron chi connectivity index (χ4n) is 2.79. The number of thioether (sulfide) groups is 1. The standard InChI is InChI=1S/C19H21NO2S/c1-3-22-17-10-9-15(13-14(17)2)19(21)20-11-6-12-23-18-8-5-4-7-16(18)20/h4-5,7-10,13H,3,6,11-12H2,1-2H3. The topological polar surface area (TPSA) is 29.5 Å². The van der Waals surface area contributed by atoms with E-state index < -0.39 is 0 Å². The molecule has 0 unspecified atom stereocenters. The molecule has 0 aliphatic carbocycles. The molecule has 3 nitrogen and oxygen atoms in total. The van der Waals surface area contributed by atoms with Crippen LogP contribution in [-0.4, -0.2) is 24.8 Å². The molecule has 0 fully saturated rings. The summed E-state index contributed by atoms with van der Waals surface area (Å²) in [5.41, 5.74) is 2.73. The molecule has 1 heterocycles. The molecule has 4 heteroatoms. The molecule has 2 aromatic carbocycles. The predicted molar refractivity (Wildman–Crippen MR) is 95.8 cm³/mol. The van der Waals surface area contributed by atoms with Crippen molar-refractivity contribution < 1.29 is 9.53 Å². The number of anilines is 1. The Bertz CT molecular complexity index is 714. The molecule has 23 heavy (non-hydrogen) atoms. The molecule has 3 rings (SSSR count). The van der Waals surface area contributed by atoms with Gasteiger partial charge in [-0.25, -0.2) is 0 Å². The molecule has 2 aromatic rings. The lowest BCUT2D eigenvalue weighted by atomic mass is 10.1. The summed E-state index contributed by atoms with van der Waals surface area (Å²) in [6.45, 7) is 5.33. The molecule has 0 spiro atoms. The van der Waals surface area contributed by atoms with E-state index in [-0.39, 0.29) is 5.91 Å². The maximum absolute atomic E-state index is 13.0. The highest BCUT2D eigenvalue weighted by molar-refractivity contribution is 7.99. The SMILES string of the molecule is CCOc1ccc(C(=O)N2CCCSc3ccccc32)cc1C. The first-order valence-electron chi connectivity index (χ1n) is 7.98. The van der Waals surface area contributed by atoms with E-state index in [1.54, 1.807) is 0 Å². The van der Waals surface area contributed by atoms with E-state index in [0.717, 1.165) is 35.7 Å². The average molecular weight is 327 g/mol. The second kappa shape index (κ2) is 7.09. The lowest BCUT2D eigenvalue weighted by Gasteiger charge is -2.23. The number of fused-ring (bicyclic) bond motifs is 1. The van der Waals surface area contributed by atoms with Gasteiger partial charge in [-0.15, -0.1) is 11.8 Å². The number of hydrogen-bond acceptors (Lipinski definition) is 3. The van der Waals surface area contributed by atoms with E-state index in [9.17, 15) is 4.79 Å². The number of hydrogen-bond donors (Lipinski definition) is 0. The number of benzene rings is 2. The minimum absolute atomic E-state index is 0.0612. The fraction of sp³-hybridized carbons (Fsp3) is 0.316. The van der Waals surface area contributed by atoms with Crippen molar-refractivity contribution in [2.45, 2.75) is 25.2 Å². The van der Waals surface area contributed by atoms with E-state index in [4.69, 9.17) is 4.74 Å². The van der Waals surface area contributed by atoms with Crippen molar-refractivity contribution in [2.24, 2.45) is 0 Å². The van der Waals surface area contributed by atoms with Crippen LogP contribution in [0.4, 0.5) is 5.69 Å². The van der Waals surface area contributed by atoms with Crippen molar-refractivity contribution in [2.75, 3.05) is 23.8 Å². The molecule has 0 bridgehead atoms. The third kappa shape index (κ3) is 3.37. The molecular weight excluding hydrogens is 306 g/mol. The summed E-state index contributed by atoms with van der Waals surface area (Å²) in [6.07, 6.45) is 1.00. The van der Waals surface area contributed by atoms with Crippen molar-refractivity contribution in [1.29, 1.82) is 0 Å². The Kier molecular flexibility index (Phi) is 4.91. The molecule has 120 valence electrons. The minimum atomic E-state index is 0.0612. The molecule has 1 amide bonds. The van der Waals surface area contributed by atoms with Crippen LogP contribution in [0.3, 0.4) is 0 Å². The van der Waals surface area contributed by atoms with E-state index in [1.165, 1.54) is 4.90 Å². The Morgan fingerprint density at radius 2 is 2.09 bits per heavy atom. The number of para-hydroxylation sites is 1. The lowest BCUT2D eigenvalue weighted by Crippen LogP contribution is -2.31. The molecule has 0 atom stereocenters. The van der Waals surface area contributed by atoms with Crippen LogP contribution in [-0.2, 0) is 0 Å². The summed E-state index contributed by atoms with van der Waals surface area (Å²) >= 11 is 1.82. The highest BCUT2D eigenvalue weighted by atomic mass is 32.2. The van der Waals surface area contributed by atoms with Gasteiger partial charge >= 0.3 is 0 Å². The van der Waals surface area contributed by atoms with Crippen molar-refractivity contribution >= 4 is 23.4 Å². The predicted octanol–water partition coefficient (Wildman–Crippen LogP) is 4.54. The number of amides is 1. The second-order valence-electron chi connectivity index (χ2n) is 5.54. The van der Waals surface area contributed by atoms with Crippen LogP contribution in [0, 0.1) is 6.92 Å². The number of rotatable bonds is 3. The first-order chi connectivity index (χ1) is 11.2. The van der Waals surface area contributed by atoms with Crippen molar-refractivity contribution in [3.63, 3.8) is 0 Å². The normalized spacial score (nSPS) is 14.1. The second-order valence-corrected chi connectivity index (χ2v) is 6.68. The summed E-state index contributed by atoms with van der Waals surface area (Å²) in [7, 11) is 0. The maximum atomic E-state index is 13.0. The number of ether oxygens (including phenoxy) is 1. The summed E-state index contributed by atoms with van der Waals surface area (Å²) in [4.78, 5) is 16.1. The monoisotopic (exact) mass is 327 g/mol. The summed E-state index contributed by atoms with van der Waals surface area (Å²) in [5, 5.41) is 0. The van der Waals surface area contributed by atoms with Gasteiger partial charge in [0.2, 0.25) is 0 Å². The van der Waals surface area contributed by atoms with Crippen LogP contribution in [0.1, 0.15) is 29.3 Å². The summed E-state index contributed by atoms with van der Waals surface area (Å²) in [5.74, 6) is 1.95. The van der Waals surface area contributed by atoms with Gasteiger partial charge in [0.05, 0.1) is 12.3 Å². The van der Waals surface area contributed by atoms with Gasteiger partial charge in [0.15, 0.2) is 0 Å². The van der Waals surface area contributed by atoms with Gasteiger partial charge in [0.25, 0.3) is 5.91 Å². The van der Waals surface area contributed by atoms with Crippen molar-refractivity contribution in [3.8, 4) is 5.75 Å². The first-order valence-corrected chi connectivity index (χ1v) is 8.96. The quantitative estimate of drug-likeness (QED) is 0.829. The van der Waals surface area contributed by atoms with Gasteiger partial charge in [0.1, 0.15) is 5.75 Å². The summed E-state index contributed by atoms with van der Waals surface area (Å²) < 4.78 is 5.56. The van der Waals surface area contributed by atoms with Crippen LogP contribution < -0.4 is 9.64 Å². The molecule has 0 saturated carbocycles. The van der Waals surface area contributed by atoms with Gasteiger partial charge < -0.3 is 9.64 Å². The lowest BCUT2D eigenvalue weighted by molar-refractivity contribution is 0.0986. The Hall–Kier alpha value is -1.94. The Morgan fingerprint density at radius 1 is 1.26 bits per heavy atom. The van der Waals surface area contributed by atoms with Crippen LogP contribution in [0.2, 0.25) is 0 Å². The first kappa shape index (κ1) is 15.9. The zero-order valence-electron chi connectivity index (χ0n) is 13.5. The van der Waals surface area contributed by atoms with Gasteiger partial charge in [-0.1, -0.05) is 12.1 Å². The number of carbonyl (C=O) groups is 1. The number of aryl methyl sites for hydroxylation is 1. The van der Waals surface area contributed by atoms with Gasteiger partial charge in [0, 0.05) is 17.0 Å². The summed E-state index contributed by atoms with van der Waals surface area (Å²) in [6, 6.07) is 13.8. The van der Waals surface area contributed by atoms with Crippen LogP contribution in [0.15, 0.2) is 47.4 Å². The number of nitrogens with zero attached hydrogens (tertiary/aromatic N) is 1. The van der Waals surface area contributed by atoms with E-state index in [0.29, 0.717) is 12.2 Å². The van der Waals surface area contributed by atoms with Gasteiger partial charge in [-0.3, -0.25) is 4.79 Å². The molecule has 0 radical (unpaired) electrons. The highest BCUT2D eigenvalue weighted by Crippen LogP contribution is 2.34. The maximum Gasteiger partial charge on any atom is 0.258 e.